The van der Waals surface area contributed by atoms with Crippen molar-refractivity contribution in [1.29, 1.82) is 0 Å². The molecule has 2 rings (SSSR count). The van der Waals surface area contributed by atoms with E-state index in [1.807, 2.05) is 0 Å². The van der Waals surface area contributed by atoms with E-state index in [9.17, 15) is 4.79 Å². The summed E-state index contributed by atoms with van der Waals surface area (Å²) < 4.78 is 1.44. The maximum absolute atomic E-state index is 12.1. The van der Waals surface area contributed by atoms with Gasteiger partial charge in [0.05, 0.1) is 22.3 Å². The lowest BCUT2D eigenvalue weighted by Crippen LogP contribution is -2.21. The number of aryl methyl sites for hydroxylation is 1. The van der Waals surface area contributed by atoms with Gasteiger partial charge in [-0.1, -0.05) is 23.2 Å². The lowest BCUT2D eigenvalue weighted by atomic mass is 10.2. The maximum atomic E-state index is 12.1. The van der Waals surface area contributed by atoms with Crippen LogP contribution in [-0.4, -0.2) is 21.3 Å². The number of aliphatic hydroxyl groups excluding tert-OH is 1. The van der Waals surface area contributed by atoms with Gasteiger partial charge in [0.1, 0.15) is 0 Å². The van der Waals surface area contributed by atoms with Gasteiger partial charge in [-0.25, -0.2) is 4.98 Å². The van der Waals surface area contributed by atoms with Crippen molar-refractivity contribution in [3.05, 3.63) is 38.9 Å². The minimum Gasteiger partial charge on any atom is -0.396 e. The molecule has 1 N–H and O–H groups in total. The molecule has 0 unspecified atom stereocenters. The van der Waals surface area contributed by atoms with Crippen molar-refractivity contribution in [2.24, 2.45) is 0 Å². The molecule has 90 valence electrons. The van der Waals surface area contributed by atoms with Gasteiger partial charge in [-0.15, -0.1) is 0 Å². The highest BCUT2D eigenvalue weighted by Gasteiger charge is 2.08. The molecule has 6 heteroatoms. The van der Waals surface area contributed by atoms with E-state index in [0.29, 0.717) is 33.9 Å². The summed E-state index contributed by atoms with van der Waals surface area (Å²) in [4.78, 5) is 16.2. The highest BCUT2D eigenvalue weighted by molar-refractivity contribution is 6.38. The number of rotatable bonds is 3. The first-order chi connectivity index (χ1) is 8.13. The number of aliphatic hydroxyl groups is 1. The van der Waals surface area contributed by atoms with Gasteiger partial charge < -0.3 is 5.11 Å². The van der Waals surface area contributed by atoms with Crippen LogP contribution < -0.4 is 5.56 Å². The average molecular weight is 273 g/mol. The summed E-state index contributed by atoms with van der Waals surface area (Å²) in [5, 5.41) is 9.90. The number of halogens is 2. The van der Waals surface area contributed by atoms with Crippen LogP contribution in [0.5, 0.6) is 0 Å². The van der Waals surface area contributed by atoms with Crippen molar-refractivity contribution in [2.45, 2.75) is 13.0 Å². The summed E-state index contributed by atoms with van der Waals surface area (Å²) >= 11 is 11.8. The number of hydrogen-bond acceptors (Lipinski definition) is 3. The highest BCUT2D eigenvalue weighted by Crippen LogP contribution is 2.23. The van der Waals surface area contributed by atoms with Gasteiger partial charge in [0, 0.05) is 18.2 Å². The minimum absolute atomic E-state index is 0.0286. The summed E-state index contributed by atoms with van der Waals surface area (Å²) in [7, 11) is 0. The first kappa shape index (κ1) is 12.4. The molecular weight excluding hydrogens is 263 g/mol. The molecule has 1 aromatic carbocycles. The fourth-order valence-corrected chi connectivity index (χ4v) is 2.14. The Kier molecular flexibility index (Phi) is 3.66. The van der Waals surface area contributed by atoms with Crippen LogP contribution in [0, 0.1) is 0 Å². The third kappa shape index (κ3) is 2.44. The van der Waals surface area contributed by atoms with E-state index in [1.54, 1.807) is 12.1 Å². The van der Waals surface area contributed by atoms with E-state index in [4.69, 9.17) is 28.3 Å². The molecule has 2 aromatic rings. The van der Waals surface area contributed by atoms with Crippen molar-refractivity contribution < 1.29 is 5.11 Å². The SMILES string of the molecule is O=c1c2cc(Cl)cc(Cl)c2ncn1CCCO. The summed E-state index contributed by atoms with van der Waals surface area (Å²) in [6.07, 6.45) is 1.93. The maximum Gasteiger partial charge on any atom is 0.261 e. The van der Waals surface area contributed by atoms with Crippen molar-refractivity contribution in [3.63, 3.8) is 0 Å². The molecule has 4 nitrogen and oxygen atoms in total. The van der Waals surface area contributed by atoms with Crippen LogP contribution in [0.15, 0.2) is 23.3 Å². The molecule has 0 bridgehead atoms. The third-order valence-corrected chi connectivity index (χ3v) is 2.91. The zero-order valence-electron chi connectivity index (χ0n) is 8.86. The van der Waals surface area contributed by atoms with Gasteiger partial charge in [0.25, 0.3) is 5.56 Å². The molecule has 0 aliphatic heterocycles. The van der Waals surface area contributed by atoms with Gasteiger partial charge in [-0.3, -0.25) is 9.36 Å². The molecule has 0 amide bonds. The van der Waals surface area contributed by atoms with Crippen molar-refractivity contribution in [1.82, 2.24) is 9.55 Å². The predicted molar refractivity (Wildman–Crippen MR) is 67.7 cm³/mol. The highest BCUT2D eigenvalue weighted by atomic mass is 35.5. The Bertz CT molecular complexity index is 610. The second-order valence-electron chi connectivity index (χ2n) is 3.60. The summed E-state index contributed by atoms with van der Waals surface area (Å²) in [6, 6.07) is 3.10. The van der Waals surface area contributed by atoms with Gasteiger partial charge in [0.2, 0.25) is 0 Å². The second kappa shape index (κ2) is 5.04. The third-order valence-electron chi connectivity index (χ3n) is 2.40. The molecule has 0 saturated carbocycles. The van der Waals surface area contributed by atoms with Crippen LogP contribution in [0.25, 0.3) is 10.9 Å². The molecule has 0 aliphatic rings. The summed E-state index contributed by atoms with van der Waals surface area (Å²) in [5.41, 5.74) is 0.245. The molecule has 17 heavy (non-hydrogen) atoms. The summed E-state index contributed by atoms with van der Waals surface area (Å²) in [6.45, 7) is 0.448. The first-order valence-electron chi connectivity index (χ1n) is 5.08. The quantitative estimate of drug-likeness (QED) is 0.931. The Morgan fingerprint density at radius 1 is 1.35 bits per heavy atom. The lowest BCUT2D eigenvalue weighted by Gasteiger charge is -2.06. The monoisotopic (exact) mass is 272 g/mol. The molecule has 0 aliphatic carbocycles. The Morgan fingerprint density at radius 2 is 2.12 bits per heavy atom. The van der Waals surface area contributed by atoms with Crippen LogP contribution in [0.1, 0.15) is 6.42 Å². The van der Waals surface area contributed by atoms with Gasteiger partial charge >= 0.3 is 0 Å². The zero-order valence-corrected chi connectivity index (χ0v) is 10.4. The van der Waals surface area contributed by atoms with E-state index in [-0.39, 0.29) is 12.2 Å². The summed E-state index contributed by atoms with van der Waals surface area (Å²) in [5.74, 6) is 0. The number of fused-ring (bicyclic) bond motifs is 1. The smallest absolute Gasteiger partial charge is 0.261 e. The number of hydrogen-bond donors (Lipinski definition) is 1. The zero-order chi connectivity index (χ0) is 12.4. The van der Waals surface area contributed by atoms with E-state index in [0.717, 1.165) is 0 Å². The molecule has 0 saturated heterocycles. The lowest BCUT2D eigenvalue weighted by molar-refractivity contribution is 0.279. The van der Waals surface area contributed by atoms with E-state index in [2.05, 4.69) is 4.98 Å². The predicted octanol–water partition coefficient (Wildman–Crippen LogP) is 2.09. The second-order valence-corrected chi connectivity index (χ2v) is 4.45. The van der Waals surface area contributed by atoms with Gasteiger partial charge in [-0.2, -0.15) is 0 Å². The first-order valence-corrected chi connectivity index (χ1v) is 5.84. The Labute approximate surface area is 107 Å². The molecule has 1 heterocycles. The van der Waals surface area contributed by atoms with Crippen molar-refractivity contribution in [3.8, 4) is 0 Å². The van der Waals surface area contributed by atoms with E-state index >= 15 is 0 Å². The van der Waals surface area contributed by atoms with E-state index in [1.165, 1.54) is 10.9 Å². The van der Waals surface area contributed by atoms with Crippen molar-refractivity contribution >= 4 is 34.1 Å². The van der Waals surface area contributed by atoms with Crippen molar-refractivity contribution in [2.75, 3.05) is 6.61 Å². The molecule has 1 aromatic heterocycles. The molecule has 0 radical (unpaired) electrons. The Balaban J connectivity index is 2.62. The van der Waals surface area contributed by atoms with Crippen LogP contribution >= 0.6 is 23.2 Å². The van der Waals surface area contributed by atoms with Crippen LogP contribution in [0.2, 0.25) is 10.0 Å². The van der Waals surface area contributed by atoms with Crippen LogP contribution in [-0.2, 0) is 6.54 Å². The average Bonchev–Trinajstić information content (AvgIpc) is 2.29. The fourth-order valence-electron chi connectivity index (χ4n) is 1.60. The van der Waals surface area contributed by atoms with Crippen LogP contribution in [0.3, 0.4) is 0 Å². The Morgan fingerprint density at radius 3 is 2.82 bits per heavy atom. The fraction of sp³-hybridized carbons (Fsp3) is 0.273. The Hall–Kier alpha value is -1.10. The normalized spacial score (nSPS) is 11.0. The molecule has 0 fully saturated rings. The number of benzene rings is 1. The largest absolute Gasteiger partial charge is 0.396 e. The van der Waals surface area contributed by atoms with E-state index < -0.39 is 0 Å². The number of aromatic nitrogens is 2. The van der Waals surface area contributed by atoms with Gasteiger partial charge in [-0.05, 0) is 18.6 Å². The topological polar surface area (TPSA) is 55.1 Å². The standard InChI is InChI=1S/C11H10Cl2N2O2/c12-7-4-8-10(9(13)5-7)14-6-15(11(8)17)2-1-3-16/h4-6,16H,1-3H2. The van der Waals surface area contributed by atoms with Gasteiger partial charge in [0.15, 0.2) is 0 Å². The minimum atomic E-state index is -0.201. The molecule has 0 atom stereocenters. The molecule has 0 spiro atoms. The molecular formula is C11H10Cl2N2O2. The number of nitrogens with zero attached hydrogens (tertiary/aromatic N) is 2. The van der Waals surface area contributed by atoms with Crippen LogP contribution in [0.4, 0.5) is 0 Å².